The molecule has 0 saturated carbocycles. The predicted molar refractivity (Wildman–Crippen MR) is 109 cm³/mol. The highest BCUT2D eigenvalue weighted by Crippen LogP contribution is 2.26. The van der Waals surface area contributed by atoms with Crippen molar-refractivity contribution in [1.82, 2.24) is 10.0 Å². The van der Waals surface area contributed by atoms with Gasteiger partial charge in [0, 0.05) is 23.0 Å². The number of rotatable bonds is 7. The van der Waals surface area contributed by atoms with E-state index in [1.165, 1.54) is 0 Å². The van der Waals surface area contributed by atoms with E-state index < -0.39 is 10.0 Å². The van der Waals surface area contributed by atoms with Gasteiger partial charge in [-0.15, -0.1) is 0 Å². The Kier molecular flexibility index (Phi) is 7.28. The summed E-state index contributed by atoms with van der Waals surface area (Å²) < 4.78 is 27.1. The molecule has 0 bridgehead atoms. The van der Waals surface area contributed by atoms with E-state index in [2.05, 4.69) is 10.0 Å². The van der Waals surface area contributed by atoms with Gasteiger partial charge in [-0.2, -0.15) is 0 Å². The summed E-state index contributed by atoms with van der Waals surface area (Å²) in [7, 11) is -3.65. The van der Waals surface area contributed by atoms with Crippen molar-refractivity contribution in [3.63, 3.8) is 0 Å². The Hall–Kier alpha value is -1.60. The number of benzene rings is 2. The smallest absolute Gasteiger partial charge is 0.240 e. The second-order valence-electron chi connectivity index (χ2n) is 6.35. The number of carbonyl (C=O) groups excluding carboxylic acids is 1. The average Bonchev–Trinajstić information content (AvgIpc) is 2.56. The van der Waals surface area contributed by atoms with E-state index in [4.69, 9.17) is 23.2 Å². The van der Waals surface area contributed by atoms with Gasteiger partial charge in [-0.1, -0.05) is 35.3 Å². The van der Waals surface area contributed by atoms with Gasteiger partial charge in [0.05, 0.1) is 10.9 Å². The molecular weight excluding hydrogens is 407 g/mol. The quantitative estimate of drug-likeness (QED) is 0.694. The normalized spacial score (nSPS) is 12.6. The van der Waals surface area contributed by atoms with Crippen molar-refractivity contribution in [2.24, 2.45) is 0 Å². The summed E-state index contributed by atoms with van der Waals surface area (Å²) in [5.74, 6) is -0.281. The second-order valence-corrected chi connectivity index (χ2v) is 8.96. The lowest BCUT2D eigenvalue weighted by molar-refractivity contribution is -0.121. The highest BCUT2D eigenvalue weighted by atomic mass is 35.5. The van der Waals surface area contributed by atoms with Crippen molar-refractivity contribution in [1.29, 1.82) is 0 Å². The number of sulfonamides is 1. The van der Waals surface area contributed by atoms with Crippen LogP contribution in [0.1, 0.15) is 36.1 Å². The molecule has 1 unspecified atom stereocenters. The minimum Gasteiger partial charge on any atom is -0.349 e. The highest BCUT2D eigenvalue weighted by Gasteiger charge is 2.16. The van der Waals surface area contributed by atoms with Crippen molar-refractivity contribution in [3.05, 3.63) is 63.1 Å². The van der Waals surface area contributed by atoms with Crippen LogP contribution in [0, 0.1) is 13.8 Å². The largest absolute Gasteiger partial charge is 0.349 e. The maximum atomic E-state index is 12.3. The fraction of sp³-hybridized carbons (Fsp3) is 0.316. The monoisotopic (exact) mass is 428 g/mol. The Morgan fingerprint density at radius 1 is 1.07 bits per heavy atom. The molecular formula is C19H22Cl2N2O3S. The van der Waals surface area contributed by atoms with Crippen molar-refractivity contribution in [2.75, 3.05) is 6.54 Å². The summed E-state index contributed by atoms with van der Waals surface area (Å²) in [6.07, 6.45) is 0.0135. The summed E-state index contributed by atoms with van der Waals surface area (Å²) in [5, 5.41) is 3.78. The SMILES string of the molecule is Cc1ccc(S(=O)(=O)NCCC(=O)NC(C)c2ccc(Cl)cc2Cl)cc1C. The Bertz CT molecular complexity index is 946. The number of hydrogen-bond acceptors (Lipinski definition) is 3. The molecule has 0 aliphatic carbocycles. The number of nitrogens with one attached hydrogen (secondary N) is 2. The molecule has 5 nitrogen and oxygen atoms in total. The first-order valence-corrected chi connectivity index (χ1v) is 10.7. The first kappa shape index (κ1) is 21.7. The van der Waals surface area contributed by atoms with Crippen molar-refractivity contribution in [2.45, 2.75) is 38.1 Å². The molecule has 2 aromatic carbocycles. The van der Waals surface area contributed by atoms with E-state index in [-0.39, 0.29) is 29.8 Å². The lowest BCUT2D eigenvalue weighted by Crippen LogP contribution is -2.32. The molecule has 0 fully saturated rings. The van der Waals surface area contributed by atoms with Gasteiger partial charge in [0.2, 0.25) is 15.9 Å². The maximum Gasteiger partial charge on any atom is 0.240 e. The van der Waals surface area contributed by atoms with E-state index >= 15 is 0 Å². The van der Waals surface area contributed by atoms with E-state index in [1.807, 2.05) is 13.8 Å². The lowest BCUT2D eigenvalue weighted by Gasteiger charge is -2.16. The fourth-order valence-corrected chi connectivity index (χ4v) is 4.20. The van der Waals surface area contributed by atoms with Crippen molar-refractivity contribution >= 4 is 39.1 Å². The van der Waals surface area contributed by atoms with Crippen LogP contribution in [0.5, 0.6) is 0 Å². The number of halogens is 2. The minimum atomic E-state index is -3.65. The minimum absolute atomic E-state index is 0.00214. The molecule has 0 aromatic heterocycles. The van der Waals surface area contributed by atoms with Gasteiger partial charge in [-0.05, 0) is 61.7 Å². The van der Waals surface area contributed by atoms with E-state index in [0.717, 1.165) is 16.7 Å². The van der Waals surface area contributed by atoms with Gasteiger partial charge in [0.25, 0.3) is 0 Å². The summed E-state index contributed by atoms with van der Waals surface area (Å²) >= 11 is 12.0. The van der Waals surface area contributed by atoms with Crippen LogP contribution in [0.3, 0.4) is 0 Å². The highest BCUT2D eigenvalue weighted by molar-refractivity contribution is 7.89. The fourth-order valence-electron chi connectivity index (χ4n) is 2.51. The van der Waals surface area contributed by atoms with Gasteiger partial charge in [-0.3, -0.25) is 4.79 Å². The van der Waals surface area contributed by atoms with Gasteiger partial charge < -0.3 is 5.32 Å². The molecule has 0 aliphatic heterocycles. The van der Waals surface area contributed by atoms with Crippen molar-refractivity contribution < 1.29 is 13.2 Å². The van der Waals surface area contributed by atoms with Gasteiger partial charge in [0.15, 0.2) is 0 Å². The second kappa shape index (κ2) is 9.06. The first-order chi connectivity index (χ1) is 12.6. The molecule has 0 spiro atoms. The molecule has 1 amide bonds. The first-order valence-electron chi connectivity index (χ1n) is 8.41. The third kappa shape index (κ3) is 5.94. The molecule has 0 aliphatic rings. The van der Waals surface area contributed by atoms with Crippen LogP contribution in [0.15, 0.2) is 41.3 Å². The Balaban J connectivity index is 1.90. The standard InChI is InChI=1S/C19H22Cl2N2O3S/c1-12-4-6-16(10-13(12)2)27(25,26)22-9-8-19(24)23-14(3)17-7-5-15(20)11-18(17)21/h4-7,10-11,14,22H,8-9H2,1-3H3,(H,23,24). The van der Waals surface area contributed by atoms with E-state index in [0.29, 0.717) is 10.0 Å². The van der Waals surface area contributed by atoms with Gasteiger partial charge in [-0.25, -0.2) is 13.1 Å². The van der Waals surface area contributed by atoms with Crippen LogP contribution >= 0.6 is 23.2 Å². The molecule has 0 heterocycles. The Morgan fingerprint density at radius 2 is 1.78 bits per heavy atom. The Labute approximate surface area is 170 Å². The number of hydrogen-bond donors (Lipinski definition) is 2. The molecule has 1 atom stereocenters. The lowest BCUT2D eigenvalue weighted by atomic mass is 10.1. The zero-order chi connectivity index (χ0) is 20.2. The number of aryl methyl sites for hydroxylation is 2. The summed E-state index contributed by atoms with van der Waals surface area (Å²) in [6, 6.07) is 9.66. The molecule has 0 saturated heterocycles. The van der Waals surface area contributed by atoms with E-state index in [9.17, 15) is 13.2 Å². The zero-order valence-electron chi connectivity index (χ0n) is 15.3. The van der Waals surface area contributed by atoms with Crippen LogP contribution in [-0.2, 0) is 14.8 Å². The third-order valence-corrected chi connectivity index (χ3v) is 6.26. The summed E-state index contributed by atoms with van der Waals surface area (Å²) in [4.78, 5) is 12.3. The molecule has 8 heteroatoms. The molecule has 2 aromatic rings. The average molecular weight is 429 g/mol. The van der Waals surface area contributed by atoms with Gasteiger partial charge in [0.1, 0.15) is 0 Å². The summed E-state index contributed by atoms with van der Waals surface area (Å²) in [5.41, 5.74) is 2.65. The van der Waals surface area contributed by atoms with Crippen LogP contribution in [-0.4, -0.2) is 20.9 Å². The molecule has 2 rings (SSSR count). The topological polar surface area (TPSA) is 75.3 Å². The molecule has 0 radical (unpaired) electrons. The number of amides is 1. The van der Waals surface area contributed by atoms with Crippen molar-refractivity contribution in [3.8, 4) is 0 Å². The Morgan fingerprint density at radius 3 is 2.41 bits per heavy atom. The van der Waals surface area contributed by atoms with Crippen LogP contribution < -0.4 is 10.0 Å². The van der Waals surface area contributed by atoms with Crippen LogP contribution in [0.25, 0.3) is 0 Å². The zero-order valence-corrected chi connectivity index (χ0v) is 17.7. The molecule has 27 heavy (non-hydrogen) atoms. The van der Waals surface area contributed by atoms with Gasteiger partial charge >= 0.3 is 0 Å². The number of carbonyl (C=O) groups is 1. The van der Waals surface area contributed by atoms with Crippen LogP contribution in [0.4, 0.5) is 0 Å². The van der Waals surface area contributed by atoms with Crippen LogP contribution in [0.2, 0.25) is 10.0 Å². The third-order valence-electron chi connectivity index (χ3n) is 4.24. The van der Waals surface area contributed by atoms with E-state index in [1.54, 1.807) is 43.3 Å². The molecule has 2 N–H and O–H groups in total. The maximum absolute atomic E-state index is 12.3. The summed E-state index contributed by atoms with van der Waals surface area (Å²) in [6.45, 7) is 5.57. The molecule has 146 valence electrons. The predicted octanol–water partition coefficient (Wildman–Crippen LogP) is 4.16.